The van der Waals surface area contributed by atoms with Crippen LogP contribution in [0.5, 0.6) is 11.5 Å². The van der Waals surface area contributed by atoms with E-state index >= 15 is 0 Å². The number of morpholine rings is 1. The van der Waals surface area contributed by atoms with Crippen molar-refractivity contribution in [3.8, 4) is 11.5 Å². The average molecular weight is 400 g/mol. The summed E-state index contributed by atoms with van der Waals surface area (Å²) in [5.74, 6) is 1.07. The number of amides is 1. The maximum atomic E-state index is 12.6. The van der Waals surface area contributed by atoms with Gasteiger partial charge < -0.3 is 24.4 Å². The predicted octanol–water partition coefficient (Wildman–Crippen LogP) is 0.710. The normalized spacial score (nSPS) is 17.0. The number of carbonyl (C=O) groups is 1. The van der Waals surface area contributed by atoms with Gasteiger partial charge >= 0.3 is 0 Å². The third-order valence-corrected chi connectivity index (χ3v) is 5.21. The summed E-state index contributed by atoms with van der Waals surface area (Å²) in [6, 6.07) is 11.5. The van der Waals surface area contributed by atoms with E-state index in [1.165, 1.54) is 23.1 Å². The molecule has 0 radical (unpaired) electrons. The first-order valence-electron chi connectivity index (χ1n) is 9.46. The third-order valence-electron chi connectivity index (χ3n) is 5.21. The number of rotatable bonds is 6. The van der Waals surface area contributed by atoms with Gasteiger partial charge in [0.25, 0.3) is 11.6 Å². The van der Waals surface area contributed by atoms with E-state index in [1.54, 1.807) is 6.07 Å². The Labute approximate surface area is 167 Å². The summed E-state index contributed by atoms with van der Waals surface area (Å²) in [6.07, 6.45) is 0. The average Bonchev–Trinajstić information content (AvgIpc) is 3.22. The molecule has 2 aromatic rings. The minimum Gasteiger partial charge on any atom is -0.454 e. The molecule has 152 valence electrons. The third kappa shape index (κ3) is 4.30. The fourth-order valence-electron chi connectivity index (χ4n) is 3.67. The largest absolute Gasteiger partial charge is 0.454 e. The molecule has 2 aliphatic heterocycles. The second-order valence-corrected chi connectivity index (χ2v) is 6.95. The van der Waals surface area contributed by atoms with Gasteiger partial charge in [-0.05, 0) is 24.3 Å². The molecule has 9 nitrogen and oxygen atoms in total. The number of nitrogens with zero attached hydrogens (tertiary/aromatic N) is 1. The van der Waals surface area contributed by atoms with Crippen molar-refractivity contribution in [1.82, 2.24) is 5.32 Å². The van der Waals surface area contributed by atoms with Crippen molar-refractivity contribution in [3.63, 3.8) is 0 Å². The molecule has 1 saturated heterocycles. The molecule has 4 rings (SSSR count). The molecule has 0 aliphatic carbocycles. The summed E-state index contributed by atoms with van der Waals surface area (Å²) in [7, 11) is 0. The van der Waals surface area contributed by atoms with Crippen molar-refractivity contribution >= 4 is 11.6 Å². The van der Waals surface area contributed by atoms with Crippen molar-refractivity contribution in [2.24, 2.45) is 0 Å². The molecular weight excluding hydrogens is 378 g/mol. The number of nitrogens with one attached hydrogen (secondary N) is 2. The number of hydrogen-bond acceptors (Lipinski definition) is 6. The van der Waals surface area contributed by atoms with Crippen LogP contribution in [0.15, 0.2) is 42.5 Å². The second kappa shape index (κ2) is 8.46. The van der Waals surface area contributed by atoms with Gasteiger partial charge in [-0.25, -0.2) is 0 Å². The smallest absolute Gasteiger partial charge is 0.270 e. The quantitative estimate of drug-likeness (QED) is 0.547. The number of quaternary nitrogens is 1. The van der Waals surface area contributed by atoms with E-state index < -0.39 is 4.92 Å². The molecule has 2 N–H and O–H groups in total. The van der Waals surface area contributed by atoms with Crippen molar-refractivity contribution in [2.45, 2.75) is 6.04 Å². The van der Waals surface area contributed by atoms with Crippen LogP contribution in [0.2, 0.25) is 0 Å². The summed E-state index contributed by atoms with van der Waals surface area (Å²) in [4.78, 5) is 24.4. The van der Waals surface area contributed by atoms with Crippen LogP contribution in [0.25, 0.3) is 0 Å². The summed E-state index contributed by atoms with van der Waals surface area (Å²) in [5, 5.41) is 13.9. The Bertz CT molecular complexity index is 913. The molecule has 2 heterocycles. The predicted molar refractivity (Wildman–Crippen MR) is 102 cm³/mol. The van der Waals surface area contributed by atoms with Crippen LogP contribution in [0, 0.1) is 10.1 Å². The Morgan fingerprint density at radius 2 is 1.93 bits per heavy atom. The minimum absolute atomic E-state index is 0.00366. The number of non-ortho nitro benzene ring substituents is 1. The molecule has 2 aliphatic rings. The Morgan fingerprint density at radius 3 is 2.72 bits per heavy atom. The van der Waals surface area contributed by atoms with E-state index in [-0.39, 0.29) is 30.0 Å². The van der Waals surface area contributed by atoms with E-state index in [2.05, 4.69) is 5.32 Å². The van der Waals surface area contributed by atoms with Crippen LogP contribution >= 0.6 is 0 Å². The Balaban J connectivity index is 1.52. The monoisotopic (exact) mass is 400 g/mol. The number of fused-ring (bicyclic) bond motifs is 1. The Hall–Kier alpha value is -3.17. The van der Waals surface area contributed by atoms with Gasteiger partial charge in [-0.15, -0.1) is 0 Å². The Morgan fingerprint density at radius 1 is 1.14 bits per heavy atom. The summed E-state index contributed by atoms with van der Waals surface area (Å²) in [6.45, 7) is 3.57. The van der Waals surface area contributed by atoms with Gasteiger partial charge in [-0.3, -0.25) is 14.9 Å². The van der Waals surface area contributed by atoms with E-state index in [0.717, 1.165) is 18.7 Å². The molecule has 2 aromatic carbocycles. The van der Waals surface area contributed by atoms with Gasteiger partial charge in [0.05, 0.1) is 24.7 Å². The second-order valence-electron chi connectivity index (χ2n) is 6.95. The summed E-state index contributed by atoms with van der Waals surface area (Å²) in [5.41, 5.74) is 1.19. The van der Waals surface area contributed by atoms with Gasteiger partial charge in [0.15, 0.2) is 11.5 Å². The first-order chi connectivity index (χ1) is 14.1. The summed E-state index contributed by atoms with van der Waals surface area (Å²) < 4.78 is 16.4. The molecule has 1 amide bonds. The lowest BCUT2D eigenvalue weighted by atomic mass is 10.0. The standard InChI is InChI=1S/C20H21N3O6/c24-20(15-2-1-3-16(10-15)23(25)26)21-12-17(22-6-8-27-9-7-22)14-4-5-18-19(11-14)29-13-28-18/h1-5,10-11,17H,6-9,12-13H2,(H,21,24)/p+1/t17-/m0/s1. The molecule has 0 unspecified atom stereocenters. The summed E-state index contributed by atoms with van der Waals surface area (Å²) >= 11 is 0. The number of benzene rings is 2. The fourth-order valence-corrected chi connectivity index (χ4v) is 3.67. The zero-order valence-corrected chi connectivity index (χ0v) is 15.8. The van der Waals surface area contributed by atoms with Crippen LogP contribution in [0.3, 0.4) is 0 Å². The van der Waals surface area contributed by atoms with Crippen LogP contribution < -0.4 is 19.7 Å². The van der Waals surface area contributed by atoms with Crippen molar-refractivity contribution < 1.29 is 28.8 Å². The molecule has 0 spiro atoms. The van der Waals surface area contributed by atoms with Gasteiger partial charge in [0.1, 0.15) is 19.1 Å². The van der Waals surface area contributed by atoms with Crippen LogP contribution in [0.1, 0.15) is 22.0 Å². The first kappa shape index (κ1) is 19.2. The number of nitro benzene ring substituents is 1. The zero-order valence-electron chi connectivity index (χ0n) is 15.8. The van der Waals surface area contributed by atoms with Crippen molar-refractivity contribution in [2.75, 3.05) is 39.6 Å². The van der Waals surface area contributed by atoms with Gasteiger partial charge in [0.2, 0.25) is 6.79 Å². The fraction of sp³-hybridized carbons (Fsp3) is 0.350. The molecule has 0 aromatic heterocycles. The van der Waals surface area contributed by atoms with Crippen LogP contribution in [-0.2, 0) is 4.74 Å². The number of hydrogen-bond donors (Lipinski definition) is 2. The van der Waals surface area contributed by atoms with Crippen molar-refractivity contribution in [1.29, 1.82) is 0 Å². The highest BCUT2D eigenvalue weighted by molar-refractivity contribution is 5.94. The molecule has 0 saturated carbocycles. The number of nitro groups is 1. The van der Waals surface area contributed by atoms with E-state index in [0.29, 0.717) is 31.3 Å². The highest BCUT2D eigenvalue weighted by Gasteiger charge is 2.29. The highest BCUT2D eigenvalue weighted by Crippen LogP contribution is 2.33. The lowest BCUT2D eigenvalue weighted by molar-refractivity contribution is -0.937. The maximum Gasteiger partial charge on any atom is 0.270 e. The lowest BCUT2D eigenvalue weighted by Crippen LogP contribution is -3.15. The zero-order chi connectivity index (χ0) is 20.2. The van der Waals surface area contributed by atoms with E-state index in [9.17, 15) is 14.9 Å². The van der Waals surface area contributed by atoms with Gasteiger partial charge in [-0.1, -0.05) is 6.07 Å². The Kier molecular flexibility index (Phi) is 5.59. The topological polar surface area (TPSA) is 104 Å². The molecule has 0 bridgehead atoms. The maximum absolute atomic E-state index is 12.6. The lowest BCUT2D eigenvalue weighted by Gasteiger charge is -2.32. The van der Waals surface area contributed by atoms with Gasteiger partial charge in [-0.2, -0.15) is 0 Å². The molecule has 1 fully saturated rings. The van der Waals surface area contributed by atoms with Crippen LogP contribution in [0.4, 0.5) is 5.69 Å². The molecule has 1 atom stereocenters. The van der Waals surface area contributed by atoms with Gasteiger partial charge in [0, 0.05) is 23.3 Å². The molecule has 9 heteroatoms. The SMILES string of the molecule is O=C(NC[C@@H](c1ccc2c(c1)OCO2)[NH+]1CCOCC1)c1cccc([N+](=O)[O-])c1. The molecule has 29 heavy (non-hydrogen) atoms. The van der Waals surface area contributed by atoms with E-state index in [4.69, 9.17) is 14.2 Å². The first-order valence-corrected chi connectivity index (χ1v) is 9.46. The number of ether oxygens (including phenoxy) is 3. The number of carbonyl (C=O) groups excluding carboxylic acids is 1. The van der Waals surface area contributed by atoms with E-state index in [1.807, 2.05) is 18.2 Å². The highest BCUT2D eigenvalue weighted by atomic mass is 16.7. The minimum atomic E-state index is -0.510. The van der Waals surface area contributed by atoms with Crippen molar-refractivity contribution in [3.05, 3.63) is 63.7 Å². The van der Waals surface area contributed by atoms with Crippen LogP contribution in [-0.4, -0.2) is 50.5 Å². The molecular formula is C20H22N3O6+.